The van der Waals surface area contributed by atoms with Crippen molar-refractivity contribution < 1.29 is 18.3 Å². The zero-order chi connectivity index (χ0) is 22.0. The van der Waals surface area contributed by atoms with Gasteiger partial charge in [-0.2, -0.15) is 0 Å². The number of halogens is 3. The van der Waals surface area contributed by atoms with E-state index < -0.39 is 17.4 Å². The predicted molar refractivity (Wildman–Crippen MR) is 115 cm³/mol. The monoisotopic (exact) mass is 422 g/mol. The first-order chi connectivity index (χ1) is 14.9. The summed E-state index contributed by atoms with van der Waals surface area (Å²) in [5.41, 5.74) is 9.04. The Balaban J connectivity index is 1.58. The standard InChI is InChI=1S/C23H17F3N4O/c24-13-4-6-14(7-5-13)29-20-2-1-3-21-16(20)8-9-22(30-21)19(27)12-28-15-10-17(25)23(31)18(26)11-15/h1-12,28-29,31H,27H2/b19-12-. The molecule has 0 spiro atoms. The molecule has 0 bridgehead atoms. The number of phenols is 1. The fourth-order valence-electron chi connectivity index (χ4n) is 3.00. The van der Waals surface area contributed by atoms with E-state index in [0.717, 1.165) is 28.9 Å². The topological polar surface area (TPSA) is 83.2 Å². The number of aromatic nitrogens is 1. The number of fused-ring (bicyclic) bond motifs is 1. The van der Waals surface area contributed by atoms with E-state index in [-0.39, 0.29) is 17.2 Å². The van der Waals surface area contributed by atoms with Crippen LogP contribution in [0.4, 0.5) is 30.2 Å². The molecule has 0 saturated carbocycles. The number of hydrogen-bond donors (Lipinski definition) is 4. The number of rotatable bonds is 5. The average molecular weight is 422 g/mol. The Hall–Kier alpha value is -4.20. The summed E-state index contributed by atoms with van der Waals surface area (Å²) in [5.74, 6) is -3.52. The number of aromatic hydroxyl groups is 1. The first-order valence-electron chi connectivity index (χ1n) is 9.23. The Morgan fingerprint density at radius 2 is 1.61 bits per heavy atom. The van der Waals surface area contributed by atoms with E-state index in [4.69, 9.17) is 10.8 Å². The number of hydrogen-bond acceptors (Lipinski definition) is 5. The number of nitrogens with one attached hydrogen (secondary N) is 2. The lowest BCUT2D eigenvalue weighted by Gasteiger charge is -2.11. The molecule has 0 aliphatic heterocycles. The van der Waals surface area contributed by atoms with Crippen LogP contribution < -0.4 is 16.4 Å². The first-order valence-corrected chi connectivity index (χ1v) is 9.23. The maximum absolute atomic E-state index is 13.5. The second kappa shape index (κ2) is 8.27. The molecule has 0 aliphatic carbocycles. The molecule has 4 rings (SSSR count). The van der Waals surface area contributed by atoms with Gasteiger partial charge in [0.05, 0.1) is 16.9 Å². The summed E-state index contributed by atoms with van der Waals surface area (Å²) < 4.78 is 40.0. The van der Waals surface area contributed by atoms with Crippen LogP contribution in [-0.4, -0.2) is 10.1 Å². The second-order valence-corrected chi connectivity index (χ2v) is 6.73. The fraction of sp³-hybridized carbons (Fsp3) is 0. The third-order valence-corrected chi connectivity index (χ3v) is 4.56. The molecule has 0 unspecified atom stereocenters. The molecule has 8 heteroatoms. The molecule has 0 radical (unpaired) electrons. The van der Waals surface area contributed by atoms with E-state index in [1.165, 1.54) is 18.3 Å². The third-order valence-electron chi connectivity index (χ3n) is 4.56. The van der Waals surface area contributed by atoms with Crippen molar-refractivity contribution in [1.82, 2.24) is 4.98 Å². The molecule has 1 aromatic heterocycles. The predicted octanol–water partition coefficient (Wildman–Crippen LogP) is 5.47. The van der Waals surface area contributed by atoms with Gasteiger partial charge in [-0.15, -0.1) is 0 Å². The lowest BCUT2D eigenvalue weighted by molar-refractivity contribution is 0.396. The van der Waals surface area contributed by atoms with E-state index in [1.54, 1.807) is 18.2 Å². The van der Waals surface area contributed by atoms with E-state index in [2.05, 4.69) is 15.6 Å². The van der Waals surface area contributed by atoms with Gasteiger partial charge in [-0.1, -0.05) is 6.07 Å². The van der Waals surface area contributed by atoms with Gasteiger partial charge >= 0.3 is 0 Å². The van der Waals surface area contributed by atoms with Crippen LogP contribution in [0.25, 0.3) is 16.6 Å². The second-order valence-electron chi connectivity index (χ2n) is 6.73. The van der Waals surface area contributed by atoms with E-state index in [9.17, 15) is 13.2 Å². The summed E-state index contributed by atoms with van der Waals surface area (Å²) in [6.07, 6.45) is 1.36. The SMILES string of the molecule is N/C(=C\Nc1cc(F)c(O)c(F)c1)c1ccc2c(Nc3ccc(F)cc3)cccc2n1. The number of anilines is 3. The van der Waals surface area contributed by atoms with Crippen LogP contribution >= 0.6 is 0 Å². The molecular formula is C23H17F3N4O. The van der Waals surface area contributed by atoms with Crippen LogP contribution in [-0.2, 0) is 0 Å². The molecule has 3 aromatic carbocycles. The molecule has 156 valence electrons. The van der Waals surface area contributed by atoms with Gasteiger partial charge in [-0.05, 0) is 48.5 Å². The highest BCUT2D eigenvalue weighted by Crippen LogP contribution is 2.27. The lowest BCUT2D eigenvalue weighted by Crippen LogP contribution is -2.03. The minimum atomic E-state index is -1.08. The molecule has 4 aromatic rings. The Labute approximate surface area is 175 Å². The van der Waals surface area contributed by atoms with Crippen LogP contribution in [0.15, 0.2) is 72.9 Å². The zero-order valence-electron chi connectivity index (χ0n) is 16.0. The van der Waals surface area contributed by atoms with Gasteiger partial charge in [-0.25, -0.2) is 18.2 Å². The molecule has 31 heavy (non-hydrogen) atoms. The van der Waals surface area contributed by atoms with Crippen molar-refractivity contribution in [2.24, 2.45) is 5.73 Å². The number of phenolic OH excluding ortho intramolecular Hbond substituents is 1. The molecule has 0 atom stereocenters. The minimum absolute atomic E-state index is 0.0855. The van der Waals surface area contributed by atoms with Gasteiger partial charge in [0.1, 0.15) is 5.82 Å². The minimum Gasteiger partial charge on any atom is -0.503 e. The van der Waals surface area contributed by atoms with Crippen molar-refractivity contribution >= 4 is 33.7 Å². The number of benzene rings is 3. The van der Waals surface area contributed by atoms with Crippen LogP contribution in [0, 0.1) is 17.5 Å². The molecule has 0 amide bonds. The van der Waals surface area contributed by atoms with Crippen LogP contribution in [0.1, 0.15) is 5.69 Å². The Bertz CT molecular complexity index is 1270. The van der Waals surface area contributed by atoms with Crippen LogP contribution in [0.5, 0.6) is 5.75 Å². The Morgan fingerprint density at radius 1 is 0.903 bits per heavy atom. The van der Waals surface area contributed by atoms with Crippen molar-refractivity contribution in [2.45, 2.75) is 0 Å². The van der Waals surface area contributed by atoms with E-state index >= 15 is 0 Å². The van der Waals surface area contributed by atoms with Crippen molar-refractivity contribution in [3.63, 3.8) is 0 Å². The maximum atomic E-state index is 13.5. The third kappa shape index (κ3) is 4.37. The summed E-state index contributed by atoms with van der Waals surface area (Å²) in [5, 5.41) is 15.9. The summed E-state index contributed by atoms with van der Waals surface area (Å²) in [7, 11) is 0. The molecule has 0 aliphatic rings. The van der Waals surface area contributed by atoms with Crippen LogP contribution in [0.3, 0.4) is 0 Å². The number of nitrogens with zero attached hydrogens (tertiary/aromatic N) is 1. The van der Waals surface area contributed by atoms with Gasteiger partial charge in [0.2, 0.25) is 0 Å². The van der Waals surface area contributed by atoms with Gasteiger partial charge in [0.25, 0.3) is 0 Å². The van der Waals surface area contributed by atoms with Crippen molar-refractivity contribution in [2.75, 3.05) is 10.6 Å². The van der Waals surface area contributed by atoms with E-state index in [0.29, 0.717) is 11.2 Å². The van der Waals surface area contributed by atoms with Gasteiger partial charge in [-0.3, -0.25) is 0 Å². The summed E-state index contributed by atoms with van der Waals surface area (Å²) in [6, 6.07) is 17.0. The van der Waals surface area contributed by atoms with Crippen molar-refractivity contribution in [3.8, 4) is 5.75 Å². The van der Waals surface area contributed by atoms with Gasteiger partial charge < -0.3 is 21.5 Å². The van der Waals surface area contributed by atoms with Crippen molar-refractivity contribution in [3.05, 3.63) is 96.1 Å². The average Bonchev–Trinajstić information content (AvgIpc) is 2.77. The highest BCUT2D eigenvalue weighted by molar-refractivity contribution is 5.94. The Morgan fingerprint density at radius 3 is 2.32 bits per heavy atom. The summed E-state index contributed by atoms with van der Waals surface area (Å²) in [4.78, 5) is 4.53. The summed E-state index contributed by atoms with van der Waals surface area (Å²) in [6.45, 7) is 0. The maximum Gasteiger partial charge on any atom is 0.187 e. The lowest BCUT2D eigenvalue weighted by atomic mass is 10.1. The molecule has 5 nitrogen and oxygen atoms in total. The fourth-order valence-corrected chi connectivity index (χ4v) is 3.00. The van der Waals surface area contributed by atoms with Crippen LogP contribution in [0.2, 0.25) is 0 Å². The first kappa shape index (κ1) is 20.1. The van der Waals surface area contributed by atoms with E-state index in [1.807, 2.05) is 24.3 Å². The van der Waals surface area contributed by atoms with Gasteiger partial charge in [0.15, 0.2) is 17.4 Å². The molecule has 5 N–H and O–H groups in total. The molecule has 0 fully saturated rings. The number of pyridine rings is 1. The zero-order valence-corrected chi connectivity index (χ0v) is 16.0. The largest absolute Gasteiger partial charge is 0.503 e. The molecular weight excluding hydrogens is 405 g/mol. The summed E-state index contributed by atoms with van der Waals surface area (Å²) >= 11 is 0. The smallest absolute Gasteiger partial charge is 0.187 e. The highest BCUT2D eigenvalue weighted by Gasteiger charge is 2.10. The van der Waals surface area contributed by atoms with Crippen molar-refractivity contribution in [1.29, 1.82) is 0 Å². The Kier molecular flexibility index (Phi) is 5.36. The molecule has 1 heterocycles. The highest BCUT2D eigenvalue weighted by atomic mass is 19.1. The number of nitrogens with two attached hydrogens (primary N) is 1. The quantitative estimate of drug-likeness (QED) is 0.321. The molecule has 0 saturated heterocycles. The van der Waals surface area contributed by atoms with Gasteiger partial charge in [0, 0.05) is 40.8 Å². The normalized spacial score (nSPS) is 11.5.